The zero-order valence-corrected chi connectivity index (χ0v) is 6.27. The first-order valence-electron chi connectivity index (χ1n) is 3.66. The van der Waals surface area contributed by atoms with E-state index in [1.807, 2.05) is 18.2 Å². The first kappa shape index (κ1) is 8.46. The molecule has 0 aromatic rings. The van der Waals surface area contributed by atoms with Crippen molar-refractivity contribution in [2.75, 3.05) is 6.61 Å². The van der Waals surface area contributed by atoms with Crippen LogP contribution in [0.1, 0.15) is 6.42 Å². The van der Waals surface area contributed by atoms with E-state index in [4.69, 9.17) is 15.9 Å². The van der Waals surface area contributed by atoms with Crippen LogP contribution in [0.5, 0.6) is 0 Å². The summed E-state index contributed by atoms with van der Waals surface area (Å²) in [6, 6.07) is -0.421. The molecule has 62 valence electrons. The standard InChI is InChI=1S/C8H13NO2/c9-8(7(11)5-10)6-3-1-2-4-6/h1-3,7-8,10-11H,4-5,9H2/t7-,8-/m1/s1. The second-order valence-electron chi connectivity index (χ2n) is 2.65. The van der Waals surface area contributed by atoms with Gasteiger partial charge in [-0.3, -0.25) is 0 Å². The van der Waals surface area contributed by atoms with E-state index in [0.29, 0.717) is 0 Å². The second kappa shape index (κ2) is 3.67. The minimum atomic E-state index is -0.832. The van der Waals surface area contributed by atoms with Gasteiger partial charge >= 0.3 is 0 Å². The normalized spacial score (nSPS) is 21.5. The molecule has 0 aliphatic heterocycles. The van der Waals surface area contributed by atoms with Crippen LogP contribution < -0.4 is 5.73 Å². The molecule has 0 spiro atoms. The molecule has 0 saturated carbocycles. The Hall–Kier alpha value is -0.640. The summed E-state index contributed by atoms with van der Waals surface area (Å²) in [4.78, 5) is 0. The molecule has 0 unspecified atom stereocenters. The van der Waals surface area contributed by atoms with Crippen LogP contribution in [0.3, 0.4) is 0 Å². The number of hydrogen-bond donors (Lipinski definition) is 3. The van der Waals surface area contributed by atoms with Gasteiger partial charge in [-0.15, -0.1) is 0 Å². The molecule has 3 nitrogen and oxygen atoms in total. The summed E-state index contributed by atoms with van der Waals surface area (Å²) in [5.74, 6) is 0. The summed E-state index contributed by atoms with van der Waals surface area (Å²) in [6.45, 7) is -0.279. The summed E-state index contributed by atoms with van der Waals surface area (Å²) in [5, 5.41) is 17.7. The third-order valence-corrected chi connectivity index (χ3v) is 1.83. The number of hydrogen-bond acceptors (Lipinski definition) is 3. The molecular weight excluding hydrogens is 142 g/mol. The third kappa shape index (κ3) is 1.89. The number of aliphatic hydroxyl groups is 2. The highest BCUT2D eigenvalue weighted by Gasteiger charge is 2.17. The molecule has 11 heavy (non-hydrogen) atoms. The maximum absolute atomic E-state index is 9.14. The zero-order valence-electron chi connectivity index (χ0n) is 6.27. The van der Waals surface area contributed by atoms with Gasteiger partial charge in [-0.05, 0) is 12.0 Å². The first-order valence-corrected chi connectivity index (χ1v) is 3.66. The second-order valence-corrected chi connectivity index (χ2v) is 2.65. The van der Waals surface area contributed by atoms with Crippen molar-refractivity contribution in [3.63, 3.8) is 0 Å². The summed E-state index contributed by atoms with van der Waals surface area (Å²) in [6.07, 6.45) is 5.71. The monoisotopic (exact) mass is 155 g/mol. The Labute approximate surface area is 65.8 Å². The molecule has 0 aromatic carbocycles. The SMILES string of the molecule is N[C@H](C1=CC=CC1)[C@H](O)CO. The highest BCUT2D eigenvalue weighted by Crippen LogP contribution is 2.15. The van der Waals surface area contributed by atoms with Crippen molar-refractivity contribution in [2.24, 2.45) is 5.73 Å². The summed E-state index contributed by atoms with van der Waals surface area (Å²) < 4.78 is 0. The lowest BCUT2D eigenvalue weighted by atomic mass is 10.0. The van der Waals surface area contributed by atoms with Crippen LogP contribution in [-0.2, 0) is 0 Å². The summed E-state index contributed by atoms with van der Waals surface area (Å²) >= 11 is 0. The predicted molar refractivity (Wildman–Crippen MR) is 42.9 cm³/mol. The van der Waals surface area contributed by atoms with E-state index in [0.717, 1.165) is 12.0 Å². The van der Waals surface area contributed by atoms with Crippen molar-refractivity contribution in [3.8, 4) is 0 Å². The Bertz CT molecular complexity index is 187. The van der Waals surface area contributed by atoms with Crippen LogP contribution >= 0.6 is 0 Å². The van der Waals surface area contributed by atoms with Crippen LogP contribution in [0.25, 0.3) is 0 Å². The Balaban J connectivity index is 2.47. The van der Waals surface area contributed by atoms with Crippen molar-refractivity contribution in [2.45, 2.75) is 18.6 Å². The van der Waals surface area contributed by atoms with Crippen molar-refractivity contribution in [1.82, 2.24) is 0 Å². The third-order valence-electron chi connectivity index (χ3n) is 1.83. The van der Waals surface area contributed by atoms with E-state index in [1.54, 1.807) is 0 Å². The van der Waals surface area contributed by atoms with E-state index in [2.05, 4.69) is 0 Å². The van der Waals surface area contributed by atoms with Gasteiger partial charge in [0.15, 0.2) is 0 Å². The fourth-order valence-corrected chi connectivity index (χ4v) is 1.07. The van der Waals surface area contributed by atoms with Crippen LogP contribution in [-0.4, -0.2) is 29.0 Å². The van der Waals surface area contributed by atoms with E-state index in [-0.39, 0.29) is 6.61 Å². The van der Waals surface area contributed by atoms with Gasteiger partial charge in [-0.1, -0.05) is 18.2 Å². The smallest absolute Gasteiger partial charge is 0.0959 e. The zero-order chi connectivity index (χ0) is 8.27. The fraction of sp³-hybridized carbons (Fsp3) is 0.500. The molecule has 1 aliphatic rings. The molecule has 0 bridgehead atoms. The Morgan fingerprint density at radius 3 is 2.82 bits per heavy atom. The molecular formula is C8H13NO2. The molecule has 0 fully saturated rings. The van der Waals surface area contributed by atoms with Gasteiger partial charge in [0.2, 0.25) is 0 Å². The topological polar surface area (TPSA) is 66.5 Å². The van der Waals surface area contributed by atoms with Crippen LogP contribution in [0, 0.1) is 0 Å². The van der Waals surface area contributed by atoms with Gasteiger partial charge in [0.05, 0.1) is 18.8 Å². The van der Waals surface area contributed by atoms with Crippen molar-refractivity contribution >= 4 is 0 Å². The molecule has 1 aliphatic carbocycles. The maximum Gasteiger partial charge on any atom is 0.0959 e. The van der Waals surface area contributed by atoms with Gasteiger partial charge in [0, 0.05) is 0 Å². The van der Waals surface area contributed by atoms with E-state index in [9.17, 15) is 0 Å². The maximum atomic E-state index is 9.14. The Morgan fingerprint density at radius 1 is 1.64 bits per heavy atom. The molecule has 1 rings (SSSR count). The predicted octanol–water partition coefficient (Wildman–Crippen LogP) is -0.447. The molecule has 3 heteroatoms. The van der Waals surface area contributed by atoms with Gasteiger partial charge in [0.25, 0.3) is 0 Å². The van der Waals surface area contributed by atoms with Crippen LogP contribution in [0.4, 0.5) is 0 Å². The largest absolute Gasteiger partial charge is 0.394 e. The first-order chi connectivity index (χ1) is 5.25. The van der Waals surface area contributed by atoms with Crippen molar-refractivity contribution in [1.29, 1.82) is 0 Å². The summed E-state index contributed by atoms with van der Waals surface area (Å²) in [5.41, 5.74) is 6.59. The molecule has 0 amide bonds. The quantitative estimate of drug-likeness (QED) is 0.517. The molecule has 0 heterocycles. The Morgan fingerprint density at radius 2 is 2.36 bits per heavy atom. The number of aliphatic hydroxyl groups excluding tert-OH is 2. The van der Waals surface area contributed by atoms with E-state index < -0.39 is 12.1 Å². The number of nitrogens with two attached hydrogens (primary N) is 1. The highest BCUT2D eigenvalue weighted by molar-refractivity contribution is 5.27. The fourth-order valence-electron chi connectivity index (χ4n) is 1.07. The van der Waals surface area contributed by atoms with Gasteiger partial charge in [-0.2, -0.15) is 0 Å². The van der Waals surface area contributed by atoms with E-state index in [1.165, 1.54) is 0 Å². The average molecular weight is 155 g/mol. The van der Waals surface area contributed by atoms with Crippen molar-refractivity contribution in [3.05, 3.63) is 23.8 Å². The van der Waals surface area contributed by atoms with Gasteiger partial charge < -0.3 is 15.9 Å². The van der Waals surface area contributed by atoms with Crippen LogP contribution in [0.15, 0.2) is 23.8 Å². The van der Waals surface area contributed by atoms with Crippen molar-refractivity contribution < 1.29 is 10.2 Å². The average Bonchev–Trinajstić information content (AvgIpc) is 2.53. The number of allylic oxidation sites excluding steroid dienone is 3. The molecule has 2 atom stereocenters. The molecule has 0 saturated heterocycles. The lowest BCUT2D eigenvalue weighted by Crippen LogP contribution is -2.38. The Kier molecular flexibility index (Phi) is 2.82. The molecule has 0 aromatic heterocycles. The van der Waals surface area contributed by atoms with Gasteiger partial charge in [0.1, 0.15) is 0 Å². The minimum Gasteiger partial charge on any atom is -0.394 e. The van der Waals surface area contributed by atoms with Gasteiger partial charge in [-0.25, -0.2) is 0 Å². The lowest BCUT2D eigenvalue weighted by molar-refractivity contribution is 0.0825. The molecule has 0 radical (unpaired) electrons. The minimum absolute atomic E-state index is 0.279. The summed E-state index contributed by atoms with van der Waals surface area (Å²) in [7, 11) is 0. The number of rotatable bonds is 3. The van der Waals surface area contributed by atoms with E-state index >= 15 is 0 Å². The highest BCUT2D eigenvalue weighted by atomic mass is 16.3. The van der Waals surface area contributed by atoms with Crippen LogP contribution in [0.2, 0.25) is 0 Å². The lowest BCUT2D eigenvalue weighted by Gasteiger charge is -2.17. The molecule has 4 N–H and O–H groups in total.